The van der Waals surface area contributed by atoms with Crippen LogP contribution in [0.15, 0.2) is 36.4 Å². The molecule has 5 heteroatoms. The maximum atomic E-state index is 3.43. The van der Waals surface area contributed by atoms with E-state index in [0.29, 0.717) is 0 Å². The van der Waals surface area contributed by atoms with Gasteiger partial charge in [0.1, 0.15) is 0 Å². The molecule has 0 amide bonds. The van der Waals surface area contributed by atoms with Gasteiger partial charge in [0.15, 0.2) is 0 Å². The third-order valence-electron chi connectivity index (χ3n) is 6.32. The van der Waals surface area contributed by atoms with Gasteiger partial charge in [-0.05, 0) is 85.8 Å². The molecule has 5 aromatic heterocycles. The number of hydrogen-bond donors (Lipinski definition) is 0. The van der Waals surface area contributed by atoms with Gasteiger partial charge in [-0.25, -0.2) is 0 Å². The molecule has 0 radical (unpaired) electrons. The predicted octanol–water partition coefficient (Wildman–Crippen LogP) is 11.3. The van der Waals surface area contributed by atoms with E-state index in [4.69, 9.17) is 0 Å². The molecule has 0 bridgehead atoms. The Labute approximate surface area is 241 Å². The molecule has 5 aromatic rings. The van der Waals surface area contributed by atoms with E-state index in [1.807, 2.05) is 56.7 Å². The Morgan fingerprint density at radius 2 is 0.946 bits per heavy atom. The summed E-state index contributed by atoms with van der Waals surface area (Å²) in [6.45, 7) is 4.53. The Kier molecular flexibility index (Phi) is 9.59. The van der Waals surface area contributed by atoms with E-state index in [9.17, 15) is 0 Å². The maximum Gasteiger partial charge on any atom is 0.0794 e. The lowest BCUT2D eigenvalue weighted by atomic mass is 10.1. The molecule has 0 atom stereocenters. The molecule has 0 saturated carbocycles. The van der Waals surface area contributed by atoms with Crippen LogP contribution in [-0.2, 0) is 12.8 Å². The number of thiophene rings is 5. The highest BCUT2D eigenvalue weighted by Crippen LogP contribution is 2.43. The van der Waals surface area contributed by atoms with Gasteiger partial charge >= 0.3 is 0 Å². The van der Waals surface area contributed by atoms with Gasteiger partial charge in [-0.2, -0.15) is 0 Å². The topological polar surface area (TPSA) is 0 Å². The van der Waals surface area contributed by atoms with Crippen molar-refractivity contribution in [3.05, 3.63) is 65.7 Å². The van der Waals surface area contributed by atoms with Crippen LogP contribution in [-0.4, -0.2) is 0 Å². The van der Waals surface area contributed by atoms with E-state index in [0.717, 1.165) is 9.75 Å². The molecule has 5 heterocycles. The van der Waals surface area contributed by atoms with Crippen LogP contribution in [0.25, 0.3) is 18.8 Å². The lowest BCUT2D eigenvalue weighted by Gasteiger charge is -1.96. The van der Waals surface area contributed by atoms with Crippen molar-refractivity contribution in [2.45, 2.75) is 78.1 Å². The highest BCUT2D eigenvalue weighted by Gasteiger charge is 2.12. The SMILES string of the molecule is CCCCCCc1ccc(C#Cc2cc3sc4cc(C#Cc5ccc(CCCCCC)s5)sc4c3s2)s1. The highest BCUT2D eigenvalue weighted by atomic mass is 32.1. The van der Waals surface area contributed by atoms with Crippen molar-refractivity contribution in [1.82, 2.24) is 0 Å². The Hall–Kier alpha value is -1.86. The monoisotopic (exact) mass is 576 g/mol. The quantitative estimate of drug-likeness (QED) is 0.115. The maximum absolute atomic E-state index is 3.43. The molecule has 0 N–H and O–H groups in total. The van der Waals surface area contributed by atoms with E-state index >= 15 is 0 Å². The van der Waals surface area contributed by atoms with Gasteiger partial charge in [0.25, 0.3) is 0 Å². The van der Waals surface area contributed by atoms with Gasteiger partial charge < -0.3 is 0 Å². The summed E-state index contributed by atoms with van der Waals surface area (Å²) in [5, 5.41) is 0. The first-order valence-corrected chi connectivity index (χ1v) is 17.5. The zero-order valence-electron chi connectivity index (χ0n) is 21.6. The Morgan fingerprint density at radius 3 is 1.41 bits per heavy atom. The van der Waals surface area contributed by atoms with Gasteiger partial charge in [-0.1, -0.05) is 52.4 Å². The predicted molar refractivity (Wildman–Crippen MR) is 171 cm³/mol. The van der Waals surface area contributed by atoms with Crippen molar-refractivity contribution in [1.29, 1.82) is 0 Å². The molecule has 190 valence electrons. The lowest BCUT2D eigenvalue weighted by Crippen LogP contribution is -1.80. The molecular formula is C32H32S5. The van der Waals surface area contributed by atoms with Crippen LogP contribution < -0.4 is 0 Å². The van der Waals surface area contributed by atoms with Crippen LogP contribution >= 0.6 is 56.7 Å². The number of hydrogen-bond acceptors (Lipinski definition) is 5. The van der Waals surface area contributed by atoms with Crippen LogP contribution in [0.3, 0.4) is 0 Å². The van der Waals surface area contributed by atoms with Crippen LogP contribution in [0.4, 0.5) is 0 Å². The number of aryl methyl sites for hydroxylation is 2. The second kappa shape index (κ2) is 13.3. The zero-order chi connectivity index (χ0) is 25.5. The van der Waals surface area contributed by atoms with Gasteiger partial charge in [0, 0.05) is 19.2 Å². The van der Waals surface area contributed by atoms with E-state index in [2.05, 4.69) is 73.9 Å². The molecule has 0 aromatic carbocycles. The number of unbranched alkanes of at least 4 members (excludes halogenated alkanes) is 6. The summed E-state index contributed by atoms with van der Waals surface area (Å²) in [7, 11) is 0. The van der Waals surface area contributed by atoms with Gasteiger partial charge in [0.2, 0.25) is 0 Å². The average Bonchev–Trinajstić information content (AvgIpc) is 3.70. The Balaban J connectivity index is 1.24. The fourth-order valence-electron chi connectivity index (χ4n) is 4.32. The fraction of sp³-hybridized carbons (Fsp3) is 0.375. The van der Waals surface area contributed by atoms with Crippen LogP contribution in [0, 0.1) is 23.7 Å². The Bertz CT molecular complexity index is 1460. The normalized spacial score (nSPS) is 11.1. The standard InChI is InChI=1S/C32H32S5/c1-3-5-7-9-11-23-13-15-25(33-23)17-19-27-21-29-31(35-27)32-30(37-29)22-28(36-32)20-18-26-16-14-24(34-26)12-10-8-6-4-2/h13-16,21-22H,3-12H2,1-2H3. The molecule has 0 saturated heterocycles. The molecular weight excluding hydrogens is 545 g/mol. The van der Waals surface area contributed by atoms with Crippen molar-refractivity contribution in [2.24, 2.45) is 0 Å². The molecule has 0 nitrogen and oxygen atoms in total. The van der Waals surface area contributed by atoms with E-state index in [-0.39, 0.29) is 0 Å². The molecule has 0 aliphatic carbocycles. The summed E-state index contributed by atoms with van der Waals surface area (Å²) in [5.41, 5.74) is 0. The highest BCUT2D eigenvalue weighted by molar-refractivity contribution is 7.38. The van der Waals surface area contributed by atoms with E-state index in [1.165, 1.54) is 103 Å². The summed E-state index contributed by atoms with van der Waals surface area (Å²) in [4.78, 5) is 7.61. The molecule has 5 rings (SSSR count). The van der Waals surface area contributed by atoms with Crippen molar-refractivity contribution >= 4 is 75.5 Å². The van der Waals surface area contributed by atoms with Crippen molar-refractivity contribution in [3.8, 4) is 23.7 Å². The van der Waals surface area contributed by atoms with Crippen LogP contribution in [0.1, 0.15) is 94.5 Å². The number of rotatable bonds is 10. The summed E-state index contributed by atoms with van der Waals surface area (Å²) in [5.74, 6) is 13.7. The van der Waals surface area contributed by atoms with Crippen molar-refractivity contribution < 1.29 is 0 Å². The summed E-state index contributed by atoms with van der Waals surface area (Å²) < 4.78 is 5.44. The molecule has 0 aliphatic heterocycles. The minimum atomic E-state index is 1.16. The number of fused-ring (bicyclic) bond motifs is 3. The minimum Gasteiger partial charge on any atom is -0.133 e. The van der Waals surface area contributed by atoms with Crippen LogP contribution in [0.2, 0.25) is 0 Å². The Morgan fingerprint density at radius 1 is 0.486 bits per heavy atom. The van der Waals surface area contributed by atoms with E-state index in [1.54, 1.807) is 0 Å². The zero-order valence-corrected chi connectivity index (χ0v) is 25.7. The largest absolute Gasteiger partial charge is 0.133 e. The molecule has 0 fully saturated rings. The van der Waals surface area contributed by atoms with Gasteiger partial charge in [-0.15, -0.1) is 56.7 Å². The third-order valence-corrected chi connectivity index (χ3v) is 12.0. The first-order valence-electron chi connectivity index (χ1n) is 13.4. The third kappa shape index (κ3) is 7.17. The minimum absolute atomic E-state index is 1.16. The summed E-state index contributed by atoms with van der Waals surface area (Å²) in [6, 6.07) is 13.4. The second-order valence-corrected chi connectivity index (χ2v) is 14.9. The van der Waals surface area contributed by atoms with Crippen molar-refractivity contribution in [3.63, 3.8) is 0 Å². The summed E-state index contributed by atoms with van der Waals surface area (Å²) >= 11 is 9.24. The molecule has 0 spiro atoms. The smallest absolute Gasteiger partial charge is 0.0794 e. The average molecular weight is 577 g/mol. The second-order valence-electron chi connectivity index (χ2n) is 9.36. The molecule has 37 heavy (non-hydrogen) atoms. The lowest BCUT2D eigenvalue weighted by molar-refractivity contribution is 0.670. The molecule has 0 aliphatic rings. The van der Waals surface area contributed by atoms with Gasteiger partial charge in [-0.3, -0.25) is 0 Å². The van der Waals surface area contributed by atoms with E-state index < -0.39 is 0 Å². The van der Waals surface area contributed by atoms with Crippen LogP contribution in [0.5, 0.6) is 0 Å². The summed E-state index contributed by atoms with van der Waals surface area (Å²) in [6.07, 6.45) is 12.9. The van der Waals surface area contributed by atoms with Crippen molar-refractivity contribution in [2.75, 3.05) is 0 Å². The fourth-order valence-corrected chi connectivity index (χ4v) is 9.85. The first-order chi connectivity index (χ1) is 18.2. The van der Waals surface area contributed by atoms with Gasteiger partial charge in [0.05, 0.1) is 28.9 Å². The molecule has 0 unspecified atom stereocenters. The first kappa shape index (κ1) is 26.7.